The molecule has 0 atom stereocenters. The Morgan fingerprint density at radius 3 is 2.59 bits per heavy atom. The van der Waals surface area contributed by atoms with Crippen molar-refractivity contribution in [2.45, 2.75) is 6.61 Å². The van der Waals surface area contributed by atoms with Crippen molar-refractivity contribution >= 4 is 23.3 Å². The van der Waals surface area contributed by atoms with Gasteiger partial charge in [0.1, 0.15) is 6.61 Å². The summed E-state index contributed by atoms with van der Waals surface area (Å²) in [5.41, 5.74) is 11.7. The van der Waals surface area contributed by atoms with Crippen LogP contribution in [-0.2, 0) is 16.1 Å². The lowest BCUT2D eigenvalue weighted by Crippen LogP contribution is -2.11. The Morgan fingerprint density at radius 1 is 1.41 bits per heavy atom. The lowest BCUT2D eigenvalue weighted by molar-refractivity contribution is -0.138. The van der Waals surface area contributed by atoms with Crippen molar-refractivity contribution in [3.05, 3.63) is 35.9 Å². The lowest BCUT2D eigenvalue weighted by atomic mass is 10.0. The molecule has 1 rings (SSSR count). The molecule has 0 saturated heterocycles. The maximum Gasteiger partial charge on any atom is 0.336 e. The zero-order valence-electron chi connectivity index (χ0n) is 8.97. The zero-order chi connectivity index (χ0) is 13.0. The molecular weight excluding hydrogens is 224 g/mol. The SMILES string of the molecule is C=CC(=O)OCc1c(C(=O)O)ccc(N)c1N. The molecule has 0 unspecified atom stereocenters. The first-order valence-corrected chi connectivity index (χ1v) is 4.66. The third-order valence-corrected chi connectivity index (χ3v) is 2.15. The average Bonchev–Trinajstić information content (AvgIpc) is 2.30. The summed E-state index contributed by atoms with van der Waals surface area (Å²) < 4.78 is 4.75. The van der Waals surface area contributed by atoms with Crippen LogP contribution in [0.5, 0.6) is 0 Å². The largest absolute Gasteiger partial charge is 0.478 e. The predicted molar refractivity (Wildman–Crippen MR) is 62.2 cm³/mol. The first kappa shape index (κ1) is 12.6. The smallest absolute Gasteiger partial charge is 0.336 e. The lowest BCUT2D eigenvalue weighted by Gasteiger charge is -2.11. The second kappa shape index (κ2) is 5.02. The van der Waals surface area contributed by atoms with Gasteiger partial charge < -0.3 is 21.3 Å². The van der Waals surface area contributed by atoms with Gasteiger partial charge in [0.05, 0.1) is 16.9 Å². The highest BCUT2D eigenvalue weighted by molar-refractivity contribution is 5.93. The van der Waals surface area contributed by atoms with Crippen LogP contribution in [0.25, 0.3) is 0 Å². The van der Waals surface area contributed by atoms with Gasteiger partial charge in [0.25, 0.3) is 0 Å². The van der Waals surface area contributed by atoms with Gasteiger partial charge in [-0.25, -0.2) is 9.59 Å². The van der Waals surface area contributed by atoms with Gasteiger partial charge in [0.2, 0.25) is 0 Å². The maximum absolute atomic E-state index is 10.9. The van der Waals surface area contributed by atoms with Crippen LogP contribution < -0.4 is 11.5 Å². The first-order chi connectivity index (χ1) is 7.97. The molecule has 0 aliphatic carbocycles. The summed E-state index contributed by atoms with van der Waals surface area (Å²) in [5, 5.41) is 8.95. The number of anilines is 2. The van der Waals surface area contributed by atoms with E-state index in [4.69, 9.17) is 21.3 Å². The van der Waals surface area contributed by atoms with Crippen LogP contribution in [0.2, 0.25) is 0 Å². The van der Waals surface area contributed by atoms with Crippen molar-refractivity contribution in [2.75, 3.05) is 11.5 Å². The molecule has 6 nitrogen and oxygen atoms in total. The summed E-state index contributed by atoms with van der Waals surface area (Å²) in [4.78, 5) is 21.8. The highest BCUT2D eigenvalue weighted by atomic mass is 16.5. The fourth-order valence-corrected chi connectivity index (χ4v) is 1.24. The van der Waals surface area contributed by atoms with E-state index in [9.17, 15) is 9.59 Å². The number of esters is 1. The Balaban J connectivity index is 3.10. The van der Waals surface area contributed by atoms with Gasteiger partial charge in [0, 0.05) is 11.6 Å². The second-order valence-corrected chi connectivity index (χ2v) is 3.21. The van der Waals surface area contributed by atoms with Gasteiger partial charge in [-0.15, -0.1) is 0 Å². The molecule has 0 aliphatic heterocycles. The van der Waals surface area contributed by atoms with Crippen molar-refractivity contribution in [3.8, 4) is 0 Å². The molecule has 90 valence electrons. The monoisotopic (exact) mass is 236 g/mol. The Morgan fingerprint density at radius 2 is 2.06 bits per heavy atom. The number of carboxylic acids is 1. The summed E-state index contributed by atoms with van der Waals surface area (Å²) in [5.74, 6) is -1.83. The molecule has 0 heterocycles. The first-order valence-electron chi connectivity index (χ1n) is 4.66. The van der Waals surface area contributed by atoms with Gasteiger partial charge in [-0.3, -0.25) is 0 Å². The minimum Gasteiger partial charge on any atom is -0.478 e. The van der Waals surface area contributed by atoms with E-state index in [1.807, 2.05) is 0 Å². The van der Waals surface area contributed by atoms with Gasteiger partial charge in [-0.1, -0.05) is 6.58 Å². The van der Waals surface area contributed by atoms with E-state index in [2.05, 4.69) is 6.58 Å². The minimum atomic E-state index is -1.17. The molecule has 5 N–H and O–H groups in total. The molecule has 6 heteroatoms. The fourth-order valence-electron chi connectivity index (χ4n) is 1.24. The van der Waals surface area contributed by atoms with Crippen molar-refractivity contribution in [1.82, 2.24) is 0 Å². The van der Waals surface area contributed by atoms with Crippen LogP contribution in [0.3, 0.4) is 0 Å². The Bertz CT molecular complexity index is 483. The number of hydrogen-bond acceptors (Lipinski definition) is 5. The summed E-state index contributed by atoms with van der Waals surface area (Å²) in [6, 6.07) is 2.70. The summed E-state index contributed by atoms with van der Waals surface area (Å²) in [6.45, 7) is 2.96. The molecule has 0 aromatic heterocycles. The number of nitrogens with two attached hydrogens (primary N) is 2. The molecule has 0 spiro atoms. The van der Waals surface area contributed by atoms with Crippen LogP contribution in [0.15, 0.2) is 24.8 Å². The minimum absolute atomic E-state index is 0.0476. The standard InChI is InChI=1S/C11H12N2O4/c1-2-9(14)17-5-7-6(11(15)16)3-4-8(12)10(7)13/h2-4H,1,5,12-13H2,(H,15,16). The third kappa shape index (κ3) is 2.75. The van der Waals surface area contributed by atoms with E-state index >= 15 is 0 Å². The number of carbonyl (C=O) groups is 2. The molecular formula is C11H12N2O4. The number of carboxylic acid groups (broad SMARTS) is 1. The summed E-state index contributed by atoms with van der Waals surface area (Å²) in [7, 11) is 0. The molecule has 0 fully saturated rings. The average molecular weight is 236 g/mol. The van der Waals surface area contributed by atoms with E-state index in [1.165, 1.54) is 12.1 Å². The van der Waals surface area contributed by atoms with E-state index in [0.29, 0.717) is 0 Å². The van der Waals surface area contributed by atoms with Crippen LogP contribution in [0, 0.1) is 0 Å². The molecule has 1 aromatic rings. The molecule has 0 amide bonds. The maximum atomic E-state index is 10.9. The van der Waals surface area contributed by atoms with Crippen LogP contribution >= 0.6 is 0 Å². The Hall–Kier alpha value is -2.50. The topological polar surface area (TPSA) is 116 Å². The summed E-state index contributed by atoms with van der Waals surface area (Å²) >= 11 is 0. The Kier molecular flexibility index (Phi) is 3.71. The fraction of sp³-hybridized carbons (Fsp3) is 0.0909. The zero-order valence-corrected chi connectivity index (χ0v) is 8.97. The van der Waals surface area contributed by atoms with E-state index in [1.54, 1.807) is 0 Å². The molecule has 17 heavy (non-hydrogen) atoms. The predicted octanol–water partition coefficient (Wildman–Crippen LogP) is 0.778. The number of benzene rings is 1. The molecule has 0 bridgehead atoms. The number of carbonyl (C=O) groups excluding carboxylic acids is 1. The Labute approximate surface area is 97.5 Å². The number of nitrogen functional groups attached to an aromatic ring is 2. The van der Waals surface area contributed by atoms with E-state index in [0.717, 1.165) is 6.08 Å². The number of aromatic carboxylic acids is 1. The van der Waals surface area contributed by atoms with Gasteiger partial charge in [-0.05, 0) is 12.1 Å². The molecule has 0 saturated carbocycles. The number of ether oxygens (including phenoxy) is 1. The third-order valence-electron chi connectivity index (χ3n) is 2.15. The molecule has 0 radical (unpaired) electrons. The highest BCUT2D eigenvalue weighted by Crippen LogP contribution is 2.24. The van der Waals surface area contributed by atoms with Crippen molar-refractivity contribution in [1.29, 1.82) is 0 Å². The quantitative estimate of drug-likeness (QED) is 0.404. The normalized spacial score (nSPS) is 9.65. The van der Waals surface area contributed by atoms with Crippen LogP contribution in [-0.4, -0.2) is 17.0 Å². The number of rotatable bonds is 4. The van der Waals surface area contributed by atoms with Crippen LogP contribution in [0.4, 0.5) is 11.4 Å². The van der Waals surface area contributed by atoms with Gasteiger partial charge >= 0.3 is 11.9 Å². The summed E-state index contributed by atoms with van der Waals surface area (Å²) in [6.07, 6.45) is 0.975. The van der Waals surface area contributed by atoms with Crippen LogP contribution in [0.1, 0.15) is 15.9 Å². The van der Waals surface area contributed by atoms with E-state index < -0.39 is 11.9 Å². The molecule has 0 aliphatic rings. The number of hydrogen-bond donors (Lipinski definition) is 3. The van der Waals surface area contributed by atoms with Crippen molar-refractivity contribution < 1.29 is 19.4 Å². The van der Waals surface area contributed by atoms with Crippen molar-refractivity contribution in [3.63, 3.8) is 0 Å². The van der Waals surface area contributed by atoms with Gasteiger partial charge in [0.15, 0.2) is 0 Å². The second-order valence-electron chi connectivity index (χ2n) is 3.21. The van der Waals surface area contributed by atoms with Crippen molar-refractivity contribution in [2.24, 2.45) is 0 Å². The van der Waals surface area contributed by atoms with Gasteiger partial charge in [-0.2, -0.15) is 0 Å². The highest BCUT2D eigenvalue weighted by Gasteiger charge is 2.15. The van der Waals surface area contributed by atoms with E-state index in [-0.39, 0.29) is 29.1 Å². The molecule has 1 aromatic carbocycles.